The summed E-state index contributed by atoms with van der Waals surface area (Å²) in [6.07, 6.45) is 4.55. The second kappa shape index (κ2) is 5.67. The van der Waals surface area contributed by atoms with Crippen molar-refractivity contribution in [1.29, 1.82) is 0 Å². The third-order valence-corrected chi connectivity index (χ3v) is 4.48. The predicted molar refractivity (Wildman–Crippen MR) is 76.9 cm³/mol. The van der Waals surface area contributed by atoms with Gasteiger partial charge in [-0.15, -0.1) is 0 Å². The lowest BCUT2D eigenvalue weighted by atomic mass is 10.0. The Kier molecular flexibility index (Phi) is 4.75. The number of rotatable bonds is 5. The van der Waals surface area contributed by atoms with E-state index in [9.17, 15) is 4.79 Å². The first-order valence-corrected chi connectivity index (χ1v) is 10.1. The van der Waals surface area contributed by atoms with Crippen LogP contribution in [0, 0.1) is 0 Å². The molecule has 0 fully saturated rings. The van der Waals surface area contributed by atoms with E-state index in [2.05, 4.69) is 38.2 Å². The van der Waals surface area contributed by atoms with Crippen LogP contribution in [-0.4, -0.2) is 32.3 Å². The molecule has 0 N–H and O–H groups in total. The predicted octanol–water partition coefficient (Wildman–Crippen LogP) is 3.45. The van der Waals surface area contributed by atoms with Gasteiger partial charge >= 0.3 is 0 Å². The van der Waals surface area contributed by atoms with E-state index in [4.69, 9.17) is 0 Å². The van der Waals surface area contributed by atoms with E-state index in [-0.39, 0.29) is 5.78 Å². The van der Waals surface area contributed by atoms with Crippen LogP contribution in [0.2, 0.25) is 25.7 Å². The molecule has 0 heterocycles. The van der Waals surface area contributed by atoms with Gasteiger partial charge < -0.3 is 4.90 Å². The second-order valence-corrected chi connectivity index (χ2v) is 11.8. The summed E-state index contributed by atoms with van der Waals surface area (Å²) in [5.74, 6) is 0.272. The number of hydrogen-bond donors (Lipinski definition) is 0. The minimum absolute atomic E-state index is 0.272. The molecule has 1 rings (SSSR count). The first kappa shape index (κ1) is 14.2. The highest BCUT2D eigenvalue weighted by Gasteiger charge is 2.17. The number of ketones is 1. The van der Waals surface area contributed by atoms with Crippen molar-refractivity contribution in [2.24, 2.45) is 0 Å². The Hall–Kier alpha value is -0.833. The summed E-state index contributed by atoms with van der Waals surface area (Å²) in [4.78, 5) is 13.6. The Labute approximate surface area is 106 Å². The minimum atomic E-state index is -1.06. The highest BCUT2D eigenvalue weighted by molar-refractivity contribution is 6.76. The van der Waals surface area contributed by atoms with Gasteiger partial charge in [0.25, 0.3) is 0 Å². The first-order valence-electron chi connectivity index (χ1n) is 6.39. The number of carbonyl (C=O) groups excluding carboxylic acids is 1. The van der Waals surface area contributed by atoms with Crippen molar-refractivity contribution in [3.05, 3.63) is 23.9 Å². The molecule has 0 atom stereocenters. The molecule has 0 unspecified atom stereocenters. The zero-order valence-corrected chi connectivity index (χ0v) is 12.7. The van der Waals surface area contributed by atoms with E-state index in [1.54, 1.807) is 0 Å². The summed E-state index contributed by atoms with van der Waals surface area (Å²) in [6, 6.07) is 1.17. The van der Waals surface area contributed by atoms with E-state index < -0.39 is 8.07 Å². The summed E-state index contributed by atoms with van der Waals surface area (Å²) in [7, 11) is 1.01. The lowest BCUT2D eigenvalue weighted by Gasteiger charge is -2.27. The Morgan fingerprint density at radius 1 is 1.41 bits per heavy atom. The van der Waals surface area contributed by atoms with Crippen LogP contribution in [0.1, 0.15) is 19.3 Å². The Balaban J connectivity index is 2.51. The summed E-state index contributed by atoms with van der Waals surface area (Å²) in [6.45, 7) is 12.2. The summed E-state index contributed by atoms with van der Waals surface area (Å²) < 4.78 is 0. The Morgan fingerprint density at radius 2 is 2.06 bits per heavy atom. The maximum absolute atomic E-state index is 11.4. The van der Waals surface area contributed by atoms with Crippen LogP contribution in [0.25, 0.3) is 0 Å². The maximum Gasteiger partial charge on any atom is 0.157 e. The normalized spacial score (nSPS) is 16.7. The van der Waals surface area contributed by atoms with Crippen molar-refractivity contribution in [1.82, 2.24) is 4.90 Å². The second-order valence-electron chi connectivity index (χ2n) is 6.30. The molecule has 0 aromatic rings. The summed E-state index contributed by atoms with van der Waals surface area (Å²) in [5.41, 5.74) is 2.48. The molecule has 17 heavy (non-hydrogen) atoms. The molecule has 1 aliphatic carbocycles. The van der Waals surface area contributed by atoms with Crippen molar-refractivity contribution in [2.45, 2.75) is 44.9 Å². The molecule has 1 aliphatic rings. The van der Waals surface area contributed by atoms with E-state index >= 15 is 0 Å². The fourth-order valence-corrected chi connectivity index (χ4v) is 3.93. The Morgan fingerprint density at radius 3 is 2.59 bits per heavy atom. The lowest BCUT2D eigenvalue weighted by Crippen LogP contribution is -2.27. The lowest BCUT2D eigenvalue weighted by molar-refractivity contribution is -0.115. The van der Waals surface area contributed by atoms with Crippen molar-refractivity contribution < 1.29 is 4.79 Å². The molecular weight excluding hydrogens is 226 g/mol. The Bertz CT molecular complexity index is 339. The average molecular weight is 251 g/mol. The first-order chi connectivity index (χ1) is 7.78. The van der Waals surface area contributed by atoms with E-state index in [0.717, 1.165) is 19.4 Å². The number of allylic oxidation sites excluding steroid dienone is 2. The SMILES string of the molecule is C=C(CN(C)C1=CC(=O)CCC1)C[Si](C)(C)C. The molecule has 0 aliphatic heterocycles. The highest BCUT2D eigenvalue weighted by atomic mass is 28.3. The van der Waals surface area contributed by atoms with Crippen molar-refractivity contribution in [3.8, 4) is 0 Å². The smallest absolute Gasteiger partial charge is 0.157 e. The number of hydrogen-bond acceptors (Lipinski definition) is 2. The molecule has 0 aromatic heterocycles. The molecule has 0 saturated carbocycles. The van der Waals surface area contributed by atoms with Crippen molar-refractivity contribution in [3.63, 3.8) is 0 Å². The van der Waals surface area contributed by atoms with Gasteiger partial charge in [-0.3, -0.25) is 4.79 Å². The zero-order chi connectivity index (χ0) is 13.1. The van der Waals surface area contributed by atoms with Gasteiger partial charge in [-0.1, -0.05) is 31.8 Å². The van der Waals surface area contributed by atoms with Gasteiger partial charge in [-0.05, 0) is 18.9 Å². The van der Waals surface area contributed by atoms with Crippen LogP contribution < -0.4 is 0 Å². The maximum atomic E-state index is 11.4. The van der Waals surface area contributed by atoms with Gasteiger partial charge in [0.15, 0.2) is 5.78 Å². The minimum Gasteiger partial charge on any atom is -0.374 e. The molecule has 2 nitrogen and oxygen atoms in total. The molecule has 96 valence electrons. The van der Waals surface area contributed by atoms with Crippen LogP contribution in [0.15, 0.2) is 23.9 Å². The van der Waals surface area contributed by atoms with Gasteiger partial charge in [0.2, 0.25) is 0 Å². The van der Waals surface area contributed by atoms with Gasteiger partial charge in [0, 0.05) is 39.9 Å². The standard InChI is InChI=1S/C14H25NOSi/c1-12(11-17(3,4)5)10-15(2)13-7-6-8-14(16)9-13/h9H,1,6-8,10-11H2,2-5H3. The molecule has 0 aromatic carbocycles. The van der Waals surface area contributed by atoms with Crippen LogP contribution in [0.4, 0.5) is 0 Å². The number of likely N-dealkylation sites (N-methyl/N-ethyl adjacent to an activating group) is 1. The van der Waals surface area contributed by atoms with Crippen LogP contribution in [-0.2, 0) is 4.79 Å². The molecular formula is C14H25NOSi. The highest BCUT2D eigenvalue weighted by Crippen LogP contribution is 2.21. The van der Waals surface area contributed by atoms with Crippen molar-refractivity contribution >= 4 is 13.9 Å². The molecule has 0 saturated heterocycles. The van der Waals surface area contributed by atoms with Gasteiger partial charge in [0.05, 0.1) is 0 Å². The molecule has 0 bridgehead atoms. The van der Waals surface area contributed by atoms with E-state index in [1.807, 2.05) is 6.08 Å². The monoisotopic (exact) mass is 251 g/mol. The average Bonchev–Trinajstić information content (AvgIpc) is 2.14. The fraction of sp³-hybridized carbons (Fsp3) is 0.643. The summed E-state index contributed by atoms with van der Waals surface area (Å²) in [5, 5.41) is 0. The van der Waals surface area contributed by atoms with E-state index in [1.165, 1.54) is 17.3 Å². The topological polar surface area (TPSA) is 20.3 Å². The molecule has 0 radical (unpaired) electrons. The van der Waals surface area contributed by atoms with Gasteiger partial charge in [-0.2, -0.15) is 0 Å². The van der Waals surface area contributed by atoms with Crippen LogP contribution >= 0.6 is 0 Å². The van der Waals surface area contributed by atoms with Crippen LogP contribution in [0.5, 0.6) is 0 Å². The quantitative estimate of drug-likeness (QED) is 0.551. The molecule has 3 heteroatoms. The largest absolute Gasteiger partial charge is 0.374 e. The third-order valence-electron chi connectivity index (χ3n) is 2.92. The van der Waals surface area contributed by atoms with Gasteiger partial charge in [-0.25, -0.2) is 0 Å². The molecule has 0 amide bonds. The van der Waals surface area contributed by atoms with E-state index in [0.29, 0.717) is 6.42 Å². The number of nitrogens with zero attached hydrogens (tertiary/aromatic N) is 1. The third kappa shape index (κ3) is 5.35. The van der Waals surface area contributed by atoms with Crippen molar-refractivity contribution in [2.75, 3.05) is 13.6 Å². The fourth-order valence-electron chi connectivity index (χ4n) is 2.32. The summed E-state index contributed by atoms with van der Waals surface area (Å²) >= 11 is 0. The molecule has 0 spiro atoms. The zero-order valence-electron chi connectivity index (χ0n) is 11.7. The van der Waals surface area contributed by atoms with Gasteiger partial charge in [0.1, 0.15) is 0 Å². The van der Waals surface area contributed by atoms with Crippen LogP contribution in [0.3, 0.4) is 0 Å². The number of carbonyl (C=O) groups is 1.